The van der Waals surface area contributed by atoms with E-state index >= 15 is 0 Å². The summed E-state index contributed by atoms with van der Waals surface area (Å²) in [4.78, 5) is 8.61. The van der Waals surface area contributed by atoms with Gasteiger partial charge in [0.2, 0.25) is 0 Å². The van der Waals surface area contributed by atoms with Crippen LogP contribution in [0.15, 0.2) is 179 Å². The van der Waals surface area contributed by atoms with Crippen LogP contribution in [0.3, 0.4) is 0 Å². The molecule has 8 aromatic carbocycles. The Balaban J connectivity index is 1.13. The van der Waals surface area contributed by atoms with E-state index in [9.17, 15) is 0 Å². The molecule has 0 spiro atoms. The summed E-state index contributed by atoms with van der Waals surface area (Å²) in [6.07, 6.45) is 6.84. The van der Waals surface area contributed by atoms with Crippen LogP contribution < -0.4 is 10.2 Å². The van der Waals surface area contributed by atoms with Gasteiger partial charge in [0.1, 0.15) is 17.3 Å². The van der Waals surface area contributed by atoms with Gasteiger partial charge in [-0.1, -0.05) is 146 Å². The van der Waals surface area contributed by atoms with Gasteiger partial charge in [-0.15, -0.1) is 0 Å². The minimum absolute atomic E-state index is 0.117. The van der Waals surface area contributed by atoms with Gasteiger partial charge in [-0.25, -0.2) is 0 Å². The molecule has 0 saturated heterocycles. The van der Waals surface area contributed by atoms with Crippen molar-refractivity contribution in [2.24, 2.45) is 4.99 Å². The van der Waals surface area contributed by atoms with E-state index in [2.05, 4.69) is 181 Å². The second-order valence-electron chi connectivity index (χ2n) is 16.7. The van der Waals surface area contributed by atoms with Crippen LogP contribution in [0, 0.1) is 0 Å². The van der Waals surface area contributed by atoms with Crippen molar-refractivity contribution in [3.05, 3.63) is 203 Å². The third-order valence-corrected chi connectivity index (χ3v) is 13.9. The molecule has 1 N–H and O–H groups in total. The van der Waals surface area contributed by atoms with E-state index in [0.29, 0.717) is 0 Å². The monoisotopic (exact) mass is 741 g/mol. The molecule has 0 radical (unpaired) electrons. The highest BCUT2D eigenvalue weighted by Gasteiger charge is 2.57. The van der Waals surface area contributed by atoms with Gasteiger partial charge in [0.05, 0.1) is 23.4 Å². The first-order chi connectivity index (χ1) is 28.7. The zero-order chi connectivity index (χ0) is 37.9. The molecule has 4 unspecified atom stereocenters. The number of anilines is 3. The number of hydrogen-bond donors (Lipinski definition) is 1. The average molecular weight is 742 g/mol. The Hall–Kier alpha value is -7.17. The summed E-state index contributed by atoms with van der Waals surface area (Å²) in [5.74, 6) is -0.117. The summed E-state index contributed by atoms with van der Waals surface area (Å²) >= 11 is 0. The minimum atomic E-state index is -0.328. The third-order valence-electron chi connectivity index (χ3n) is 13.9. The molecular weight excluding hydrogens is 707 g/mol. The van der Waals surface area contributed by atoms with Crippen LogP contribution in [-0.4, -0.2) is 11.8 Å². The molecule has 4 heteroatoms. The van der Waals surface area contributed by atoms with Crippen molar-refractivity contribution in [3.8, 4) is 11.1 Å². The maximum Gasteiger partial charge on any atom is 0.145 e. The number of hydrogen-bond acceptors (Lipinski definition) is 4. The van der Waals surface area contributed by atoms with E-state index in [-0.39, 0.29) is 23.5 Å². The normalized spacial score (nSPS) is 21.7. The van der Waals surface area contributed by atoms with Gasteiger partial charge in [0, 0.05) is 49.6 Å². The van der Waals surface area contributed by atoms with Crippen molar-refractivity contribution in [2.45, 2.75) is 30.5 Å². The van der Waals surface area contributed by atoms with E-state index in [1.54, 1.807) is 0 Å². The van der Waals surface area contributed by atoms with Crippen LogP contribution in [0.1, 0.15) is 52.4 Å². The summed E-state index contributed by atoms with van der Waals surface area (Å²) < 4.78 is 6.42. The SMILES string of the molecule is CC12C=CC=C3c4ccccc4N(c4c1c1c(c5ccccc45)-c4c(ccc5ccccc45)C1C1=NC(c4cccc5oc6ccccc6c45)Nc4ccccc41)C32. The maximum atomic E-state index is 6.42. The Kier molecular flexibility index (Phi) is 5.77. The molecule has 0 fully saturated rings. The predicted molar refractivity (Wildman–Crippen MR) is 239 cm³/mol. The standard InChI is InChI=1S/C54H35N3O/c1-54-29-13-22-35-32-16-7-10-24-41(32)57(52(35)54)51-34-18-5-4-17-33(34)46-45-31-15-3-2-14-30(31)27-28-38(45)47(48(46)49(51)54)50-36-19-6-9-23-40(36)55-53(56-50)39-21-12-26-43-44(39)37-20-8-11-25-42(37)58-43/h2-29,47,52-53,55H,1H3. The fourth-order valence-corrected chi connectivity index (χ4v) is 11.7. The van der Waals surface area contributed by atoms with E-state index in [1.165, 1.54) is 71.9 Å². The Bertz CT molecular complexity index is 3440. The fraction of sp³-hybridized carbons (Fsp3) is 0.0926. The smallest absolute Gasteiger partial charge is 0.145 e. The fourth-order valence-electron chi connectivity index (χ4n) is 11.7. The molecule has 1 aromatic heterocycles. The molecule has 2 aliphatic carbocycles. The lowest BCUT2D eigenvalue weighted by Crippen LogP contribution is -2.38. The summed E-state index contributed by atoms with van der Waals surface area (Å²) in [6, 6.07) is 55.6. The number of aliphatic imine (C=N–C) groups is 1. The number of allylic oxidation sites excluding steroid dienone is 2. The van der Waals surface area contributed by atoms with Crippen LogP contribution in [0.4, 0.5) is 17.1 Å². The molecule has 0 saturated carbocycles. The minimum Gasteiger partial charge on any atom is -0.456 e. The van der Waals surface area contributed by atoms with E-state index < -0.39 is 0 Å². The van der Waals surface area contributed by atoms with Crippen LogP contribution in [-0.2, 0) is 5.41 Å². The van der Waals surface area contributed by atoms with E-state index in [4.69, 9.17) is 9.41 Å². The highest BCUT2D eigenvalue weighted by atomic mass is 16.3. The van der Waals surface area contributed by atoms with Crippen molar-refractivity contribution in [3.63, 3.8) is 0 Å². The third kappa shape index (κ3) is 3.70. The Morgan fingerprint density at radius 2 is 1.38 bits per heavy atom. The number of furan rings is 1. The summed E-state index contributed by atoms with van der Waals surface area (Å²) in [7, 11) is 0. The number of para-hydroxylation sites is 3. The topological polar surface area (TPSA) is 40.8 Å². The second kappa shape index (κ2) is 10.8. The zero-order valence-electron chi connectivity index (χ0n) is 31.7. The van der Waals surface area contributed by atoms with Crippen molar-refractivity contribution >= 4 is 71.8 Å². The number of nitrogens with zero attached hydrogens (tertiary/aromatic N) is 2. The van der Waals surface area contributed by atoms with E-state index in [0.717, 1.165) is 44.5 Å². The average Bonchev–Trinajstić information content (AvgIpc) is 4.01. The van der Waals surface area contributed by atoms with Gasteiger partial charge in [-0.3, -0.25) is 4.99 Å². The number of nitrogens with one attached hydrogen (secondary N) is 1. The molecule has 0 bridgehead atoms. The lowest BCUT2D eigenvalue weighted by Gasteiger charge is -2.35. The lowest BCUT2D eigenvalue weighted by atomic mass is 9.68. The number of fused-ring (bicyclic) bond motifs is 19. The first-order valence-electron chi connectivity index (χ1n) is 20.4. The van der Waals surface area contributed by atoms with Crippen LogP contribution in [0.5, 0.6) is 0 Å². The molecule has 3 aliphatic heterocycles. The Morgan fingerprint density at radius 1 is 0.638 bits per heavy atom. The van der Waals surface area contributed by atoms with Gasteiger partial charge in [0.15, 0.2) is 0 Å². The summed E-state index contributed by atoms with van der Waals surface area (Å²) in [6.45, 7) is 2.49. The predicted octanol–water partition coefficient (Wildman–Crippen LogP) is 13.4. The van der Waals surface area contributed by atoms with Gasteiger partial charge in [-0.2, -0.15) is 0 Å². The molecule has 4 atom stereocenters. The van der Waals surface area contributed by atoms with Gasteiger partial charge >= 0.3 is 0 Å². The molecule has 14 rings (SSSR count). The number of benzene rings is 8. The lowest BCUT2D eigenvalue weighted by molar-refractivity contribution is 0.567. The first-order valence-corrected chi connectivity index (χ1v) is 20.4. The first kappa shape index (κ1) is 31.0. The number of rotatable bonds is 2. The largest absolute Gasteiger partial charge is 0.456 e. The molecule has 4 nitrogen and oxygen atoms in total. The van der Waals surface area contributed by atoms with Gasteiger partial charge < -0.3 is 14.6 Å². The highest BCUT2D eigenvalue weighted by Crippen LogP contribution is 2.67. The highest BCUT2D eigenvalue weighted by molar-refractivity contribution is 6.23. The quantitative estimate of drug-likeness (QED) is 0.192. The van der Waals surface area contributed by atoms with Crippen LogP contribution >= 0.6 is 0 Å². The zero-order valence-corrected chi connectivity index (χ0v) is 31.7. The summed E-state index contributed by atoms with van der Waals surface area (Å²) in [5.41, 5.74) is 18.1. The van der Waals surface area contributed by atoms with Crippen molar-refractivity contribution < 1.29 is 4.42 Å². The van der Waals surface area contributed by atoms with Crippen LogP contribution in [0.25, 0.3) is 60.2 Å². The Morgan fingerprint density at radius 3 is 2.29 bits per heavy atom. The van der Waals surface area contributed by atoms with Crippen molar-refractivity contribution in [1.29, 1.82) is 0 Å². The molecule has 272 valence electrons. The van der Waals surface area contributed by atoms with Gasteiger partial charge in [0.25, 0.3) is 0 Å². The molecule has 0 amide bonds. The van der Waals surface area contributed by atoms with E-state index in [1.807, 2.05) is 6.07 Å². The Labute approximate surface area is 335 Å². The van der Waals surface area contributed by atoms with Crippen molar-refractivity contribution in [2.75, 3.05) is 10.2 Å². The molecular formula is C54H35N3O. The van der Waals surface area contributed by atoms with Gasteiger partial charge in [-0.05, 0) is 80.7 Å². The molecule has 4 heterocycles. The molecule has 5 aliphatic rings. The molecule has 58 heavy (non-hydrogen) atoms. The van der Waals surface area contributed by atoms with Crippen molar-refractivity contribution in [1.82, 2.24) is 0 Å². The second-order valence-corrected chi connectivity index (χ2v) is 16.7. The summed E-state index contributed by atoms with van der Waals surface area (Å²) in [5, 5.41) is 11.3. The van der Waals surface area contributed by atoms with Crippen LogP contribution in [0.2, 0.25) is 0 Å². The maximum absolute atomic E-state index is 6.42. The molecule has 9 aromatic rings.